The molecular formula is C20H26N2O4. The molecule has 1 spiro atoms. The average Bonchev–Trinajstić information content (AvgIpc) is 3.20. The Bertz CT molecular complexity index is 745. The number of carbonyl (C=O) groups is 2. The summed E-state index contributed by atoms with van der Waals surface area (Å²) >= 11 is 0. The van der Waals surface area contributed by atoms with E-state index >= 15 is 0 Å². The summed E-state index contributed by atoms with van der Waals surface area (Å²) in [6.07, 6.45) is 4.59. The summed E-state index contributed by atoms with van der Waals surface area (Å²) in [6, 6.07) is 6.13. The van der Waals surface area contributed by atoms with E-state index in [2.05, 4.69) is 17.4 Å². The first-order chi connectivity index (χ1) is 12.4. The van der Waals surface area contributed by atoms with Gasteiger partial charge in [0.15, 0.2) is 5.60 Å². The van der Waals surface area contributed by atoms with Crippen molar-refractivity contribution < 1.29 is 19.1 Å². The normalized spacial score (nSPS) is 25.0. The van der Waals surface area contributed by atoms with Crippen LogP contribution < -0.4 is 10.1 Å². The molecule has 0 saturated carbocycles. The molecule has 6 nitrogen and oxygen atoms in total. The monoisotopic (exact) mass is 358 g/mol. The highest BCUT2D eigenvalue weighted by Gasteiger charge is 2.47. The minimum atomic E-state index is -0.971. The van der Waals surface area contributed by atoms with Gasteiger partial charge in [0.1, 0.15) is 11.4 Å². The summed E-state index contributed by atoms with van der Waals surface area (Å²) in [5.41, 5.74) is 1.15. The van der Waals surface area contributed by atoms with Gasteiger partial charge in [-0.15, -0.1) is 0 Å². The van der Waals surface area contributed by atoms with Gasteiger partial charge in [0.2, 0.25) is 0 Å². The number of hydrogen-bond donors (Lipinski definition) is 1. The van der Waals surface area contributed by atoms with Crippen LogP contribution >= 0.6 is 0 Å². The number of piperidine rings is 1. The number of hydrogen-bond acceptors (Lipinski definition) is 4. The Labute approximate surface area is 153 Å². The second-order valence-electron chi connectivity index (χ2n) is 8.15. The van der Waals surface area contributed by atoms with Crippen LogP contribution in [0.4, 0.5) is 4.79 Å². The van der Waals surface area contributed by atoms with Gasteiger partial charge in [0, 0.05) is 6.54 Å². The molecule has 0 radical (unpaired) electrons. The molecule has 26 heavy (non-hydrogen) atoms. The molecule has 4 rings (SSSR count). The Morgan fingerprint density at radius 3 is 2.85 bits per heavy atom. The fourth-order valence-electron chi connectivity index (χ4n) is 4.33. The fourth-order valence-corrected chi connectivity index (χ4v) is 4.33. The lowest BCUT2D eigenvalue weighted by Gasteiger charge is -2.41. The summed E-state index contributed by atoms with van der Waals surface area (Å²) in [4.78, 5) is 26.4. The second kappa shape index (κ2) is 6.18. The molecule has 3 aliphatic rings. The lowest BCUT2D eigenvalue weighted by molar-refractivity contribution is -0.151. The maximum absolute atomic E-state index is 13.1. The van der Waals surface area contributed by atoms with Gasteiger partial charge in [-0.1, -0.05) is 6.07 Å². The van der Waals surface area contributed by atoms with Crippen LogP contribution in [0.5, 0.6) is 5.75 Å². The lowest BCUT2D eigenvalue weighted by Crippen LogP contribution is -2.57. The van der Waals surface area contributed by atoms with E-state index in [1.807, 2.05) is 19.9 Å². The van der Waals surface area contributed by atoms with E-state index in [4.69, 9.17) is 9.47 Å². The molecule has 2 fully saturated rings. The van der Waals surface area contributed by atoms with Crippen molar-refractivity contribution in [2.75, 3.05) is 19.6 Å². The smallest absolute Gasteiger partial charge is 0.407 e. The minimum Gasteiger partial charge on any atom is -0.478 e. The van der Waals surface area contributed by atoms with Crippen molar-refractivity contribution in [2.24, 2.45) is 0 Å². The van der Waals surface area contributed by atoms with Crippen LogP contribution in [0.2, 0.25) is 0 Å². The topological polar surface area (TPSA) is 67.9 Å². The molecule has 0 bridgehead atoms. The number of nitrogens with zero attached hydrogens (tertiary/aromatic N) is 1. The van der Waals surface area contributed by atoms with Crippen LogP contribution in [-0.2, 0) is 22.4 Å². The number of carbonyl (C=O) groups excluding carboxylic acids is 2. The van der Waals surface area contributed by atoms with Gasteiger partial charge in [-0.3, -0.25) is 4.79 Å². The maximum Gasteiger partial charge on any atom is 0.407 e. The van der Waals surface area contributed by atoms with Crippen LogP contribution in [0.25, 0.3) is 0 Å². The third-order valence-electron chi connectivity index (χ3n) is 5.65. The number of benzene rings is 1. The zero-order valence-electron chi connectivity index (χ0n) is 15.5. The quantitative estimate of drug-likeness (QED) is 0.901. The van der Waals surface area contributed by atoms with Crippen LogP contribution in [0.1, 0.15) is 44.2 Å². The van der Waals surface area contributed by atoms with Gasteiger partial charge >= 0.3 is 6.09 Å². The third kappa shape index (κ3) is 3.13. The molecule has 2 heterocycles. The van der Waals surface area contributed by atoms with Crippen LogP contribution in [-0.4, -0.2) is 47.7 Å². The van der Waals surface area contributed by atoms with Crippen molar-refractivity contribution in [2.45, 2.75) is 57.2 Å². The van der Waals surface area contributed by atoms with Crippen LogP contribution in [0.15, 0.2) is 18.2 Å². The highest BCUT2D eigenvalue weighted by Crippen LogP contribution is 2.31. The van der Waals surface area contributed by atoms with E-state index in [1.54, 1.807) is 4.90 Å². The van der Waals surface area contributed by atoms with Crippen LogP contribution in [0, 0.1) is 0 Å². The zero-order chi connectivity index (χ0) is 18.4. The van der Waals surface area contributed by atoms with Crippen LogP contribution in [0.3, 0.4) is 0 Å². The Morgan fingerprint density at radius 2 is 2.08 bits per heavy atom. The first-order valence-electron chi connectivity index (χ1n) is 9.44. The molecule has 1 aromatic rings. The van der Waals surface area contributed by atoms with Crippen molar-refractivity contribution in [1.82, 2.24) is 10.2 Å². The first kappa shape index (κ1) is 17.2. The van der Waals surface area contributed by atoms with Crippen molar-refractivity contribution in [3.8, 4) is 5.75 Å². The Morgan fingerprint density at radius 1 is 1.27 bits per heavy atom. The lowest BCUT2D eigenvalue weighted by atomic mass is 9.92. The third-order valence-corrected chi connectivity index (χ3v) is 5.65. The minimum absolute atomic E-state index is 0.0694. The van der Waals surface area contributed by atoms with Crippen molar-refractivity contribution in [3.05, 3.63) is 29.3 Å². The number of amides is 2. The Balaban J connectivity index is 1.46. The van der Waals surface area contributed by atoms with Gasteiger partial charge in [-0.2, -0.15) is 0 Å². The van der Waals surface area contributed by atoms with Gasteiger partial charge < -0.3 is 19.7 Å². The molecule has 1 aromatic carbocycles. The molecule has 0 aromatic heterocycles. The number of aryl methyl sites for hydroxylation is 2. The van der Waals surface area contributed by atoms with Gasteiger partial charge in [-0.25, -0.2) is 4.79 Å². The van der Waals surface area contributed by atoms with E-state index in [9.17, 15) is 9.59 Å². The molecule has 1 atom stereocenters. The number of likely N-dealkylation sites (tertiary alicyclic amines) is 1. The van der Waals surface area contributed by atoms with Gasteiger partial charge in [0.05, 0.1) is 13.1 Å². The van der Waals surface area contributed by atoms with Crippen molar-refractivity contribution >= 4 is 12.0 Å². The summed E-state index contributed by atoms with van der Waals surface area (Å²) in [5.74, 6) is 0.671. The molecule has 1 aliphatic carbocycles. The molecular weight excluding hydrogens is 332 g/mol. The standard InChI is InChI=1S/C20H26N2O4/c1-19(2,25-16-8-7-14-5-3-6-15(14)11-16)17(23)22-10-4-9-20(13-22)12-21-18(24)26-20/h7-8,11H,3-6,9-10,12-13H2,1-2H3,(H,21,24). The first-order valence-corrected chi connectivity index (χ1v) is 9.44. The summed E-state index contributed by atoms with van der Waals surface area (Å²) in [7, 11) is 0. The SMILES string of the molecule is CC(C)(Oc1ccc2c(c1)CCC2)C(=O)N1CCCC2(CNC(=O)O2)C1. The second-order valence-corrected chi connectivity index (χ2v) is 8.15. The average molecular weight is 358 g/mol. The molecule has 1 unspecified atom stereocenters. The van der Waals surface area contributed by atoms with E-state index in [0.717, 1.165) is 31.4 Å². The van der Waals surface area contributed by atoms with E-state index in [-0.39, 0.29) is 5.91 Å². The zero-order valence-corrected chi connectivity index (χ0v) is 15.5. The number of fused-ring (bicyclic) bond motifs is 1. The number of alkyl carbamates (subject to hydrolysis) is 1. The number of nitrogens with one attached hydrogen (secondary N) is 1. The molecule has 2 aliphatic heterocycles. The van der Waals surface area contributed by atoms with Crippen molar-refractivity contribution in [1.29, 1.82) is 0 Å². The molecule has 1 N–H and O–H groups in total. The summed E-state index contributed by atoms with van der Waals surface area (Å²) < 4.78 is 11.6. The van der Waals surface area contributed by atoms with Gasteiger partial charge in [0.25, 0.3) is 5.91 Å². The van der Waals surface area contributed by atoms with Gasteiger partial charge in [-0.05, 0) is 69.2 Å². The Kier molecular flexibility index (Phi) is 4.09. The molecule has 140 valence electrons. The Hall–Kier alpha value is -2.24. The number of rotatable bonds is 3. The highest BCUT2D eigenvalue weighted by molar-refractivity contribution is 5.85. The molecule has 6 heteroatoms. The number of ether oxygens (including phenoxy) is 2. The molecule has 2 saturated heterocycles. The van der Waals surface area contributed by atoms with E-state index < -0.39 is 17.3 Å². The largest absolute Gasteiger partial charge is 0.478 e. The fraction of sp³-hybridized carbons (Fsp3) is 0.600. The maximum atomic E-state index is 13.1. The highest BCUT2D eigenvalue weighted by atomic mass is 16.6. The predicted octanol–water partition coefficient (Wildman–Crippen LogP) is 2.43. The predicted molar refractivity (Wildman–Crippen MR) is 96.2 cm³/mol. The summed E-state index contributed by atoms with van der Waals surface area (Å²) in [5, 5.41) is 2.71. The van der Waals surface area contributed by atoms with E-state index in [1.165, 1.54) is 17.5 Å². The molecule has 2 amide bonds. The van der Waals surface area contributed by atoms with Crippen molar-refractivity contribution in [3.63, 3.8) is 0 Å². The summed E-state index contributed by atoms with van der Waals surface area (Å²) in [6.45, 7) is 5.16. The van der Waals surface area contributed by atoms with E-state index in [0.29, 0.717) is 19.6 Å².